The number of aliphatic hydroxyl groups is 1. The lowest BCUT2D eigenvalue weighted by Crippen LogP contribution is -2.51. The Hall–Kier alpha value is -0.610. The van der Waals surface area contributed by atoms with Crippen LogP contribution in [0.2, 0.25) is 0 Å². The summed E-state index contributed by atoms with van der Waals surface area (Å²) < 4.78 is 0. The average molecular weight is 214 g/mol. The van der Waals surface area contributed by atoms with Crippen LogP contribution in [0.15, 0.2) is 0 Å². The SMILES string of the molecule is CC(C)C(O)CNC(=O)C1(CN)CCC1. The molecule has 1 amide bonds. The molecule has 0 aromatic carbocycles. The van der Waals surface area contributed by atoms with Crippen LogP contribution in [-0.4, -0.2) is 30.2 Å². The molecule has 0 heterocycles. The molecule has 0 aromatic heterocycles. The van der Waals surface area contributed by atoms with Gasteiger partial charge < -0.3 is 16.2 Å². The van der Waals surface area contributed by atoms with Gasteiger partial charge in [0.15, 0.2) is 0 Å². The van der Waals surface area contributed by atoms with E-state index in [-0.39, 0.29) is 17.2 Å². The first-order valence-corrected chi connectivity index (χ1v) is 5.68. The van der Waals surface area contributed by atoms with E-state index in [9.17, 15) is 9.90 Å². The lowest BCUT2D eigenvalue weighted by Gasteiger charge is -2.39. The van der Waals surface area contributed by atoms with Crippen LogP contribution < -0.4 is 11.1 Å². The van der Waals surface area contributed by atoms with Gasteiger partial charge in [-0.25, -0.2) is 0 Å². The van der Waals surface area contributed by atoms with E-state index in [0.29, 0.717) is 13.1 Å². The molecule has 0 spiro atoms. The number of aliphatic hydroxyl groups excluding tert-OH is 1. The second kappa shape index (κ2) is 4.94. The molecule has 4 heteroatoms. The smallest absolute Gasteiger partial charge is 0.227 e. The van der Waals surface area contributed by atoms with Gasteiger partial charge in [0, 0.05) is 13.1 Å². The lowest BCUT2D eigenvalue weighted by molar-refractivity contribution is -0.135. The standard InChI is InChI=1S/C11H22N2O2/c1-8(2)9(14)6-13-10(15)11(7-12)4-3-5-11/h8-9,14H,3-7,12H2,1-2H3,(H,13,15). The Bertz CT molecular complexity index is 219. The molecular formula is C11H22N2O2. The van der Waals surface area contributed by atoms with Crippen LogP contribution in [0.25, 0.3) is 0 Å². The largest absolute Gasteiger partial charge is 0.391 e. The summed E-state index contributed by atoms with van der Waals surface area (Å²) in [6.45, 7) is 4.60. The fourth-order valence-corrected chi connectivity index (χ4v) is 1.75. The summed E-state index contributed by atoms with van der Waals surface area (Å²) in [4.78, 5) is 11.8. The lowest BCUT2D eigenvalue weighted by atomic mass is 9.68. The summed E-state index contributed by atoms with van der Waals surface area (Å²) in [6.07, 6.45) is 2.38. The number of hydrogen-bond acceptors (Lipinski definition) is 3. The number of carbonyl (C=O) groups excluding carboxylic acids is 1. The predicted octanol–water partition coefficient (Wildman–Crippen LogP) is 0.248. The van der Waals surface area contributed by atoms with Crippen molar-refractivity contribution in [3.8, 4) is 0 Å². The van der Waals surface area contributed by atoms with Crippen molar-refractivity contribution in [1.82, 2.24) is 5.32 Å². The molecule has 4 N–H and O–H groups in total. The van der Waals surface area contributed by atoms with Gasteiger partial charge in [-0.3, -0.25) is 4.79 Å². The van der Waals surface area contributed by atoms with Gasteiger partial charge in [-0.2, -0.15) is 0 Å². The molecule has 0 aromatic rings. The quantitative estimate of drug-likeness (QED) is 0.614. The van der Waals surface area contributed by atoms with E-state index in [0.717, 1.165) is 19.3 Å². The summed E-state index contributed by atoms with van der Waals surface area (Å²) in [5.74, 6) is 0.177. The van der Waals surface area contributed by atoms with E-state index < -0.39 is 6.10 Å². The molecule has 15 heavy (non-hydrogen) atoms. The number of carbonyl (C=O) groups is 1. The van der Waals surface area contributed by atoms with Gasteiger partial charge in [0.25, 0.3) is 0 Å². The number of rotatable bonds is 5. The maximum Gasteiger partial charge on any atom is 0.227 e. The maximum atomic E-state index is 11.8. The molecule has 4 nitrogen and oxygen atoms in total. The van der Waals surface area contributed by atoms with Crippen molar-refractivity contribution in [3.05, 3.63) is 0 Å². The van der Waals surface area contributed by atoms with E-state index in [1.54, 1.807) is 0 Å². The predicted molar refractivity (Wildman–Crippen MR) is 59.2 cm³/mol. The Balaban J connectivity index is 2.35. The molecular weight excluding hydrogens is 192 g/mol. The molecule has 0 aliphatic heterocycles. The normalized spacial score (nSPS) is 20.9. The second-order valence-corrected chi connectivity index (χ2v) is 4.86. The summed E-state index contributed by atoms with van der Waals surface area (Å²) in [5.41, 5.74) is 5.28. The molecule has 0 radical (unpaired) electrons. The minimum atomic E-state index is -0.469. The fraction of sp³-hybridized carbons (Fsp3) is 0.909. The first kappa shape index (κ1) is 12.5. The Kier molecular flexibility index (Phi) is 4.11. The van der Waals surface area contributed by atoms with E-state index in [2.05, 4.69) is 5.32 Å². The minimum Gasteiger partial charge on any atom is -0.391 e. The van der Waals surface area contributed by atoms with E-state index in [1.807, 2.05) is 13.8 Å². The molecule has 0 bridgehead atoms. The van der Waals surface area contributed by atoms with Crippen LogP contribution in [0.5, 0.6) is 0 Å². The van der Waals surface area contributed by atoms with Crippen molar-refractivity contribution in [3.63, 3.8) is 0 Å². The highest BCUT2D eigenvalue weighted by atomic mass is 16.3. The highest BCUT2D eigenvalue weighted by molar-refractivity contribution is 5.83. The third kappa shape index (κ3) is 2.69. The second-order valence-electron chi connectivity index (χ2n) is 4.86. The summed E-state index contributed by atoms with van der Waals surface area (Å²) in [6, 6.07) is 0. The number of hydrogen-bond donors (Lipinski definition) is 3. The van der Waals surface area contributed by atoms with Crippen molar-refractivity contribution < 1.29 is 9.90 Å². The highest BCUT2D eigenvalue weighted by Gasteiger charge is 2.42. The molecule has 1 atom stereocenters. The molecule has 1 saturated carbocycles. The van der Waals surface area contributed by atoms with Crippen LogP contribution in [-0.2, 0) is 4.79 Å². The van der Waals surface area contributed by atoms with Crippen molar-refractivity contribution in [2.45, 2.75) is 39.2 Å². The molecule has 1 unspecified atom stereocenters. The Morgan fingerprint density at radius 1 is 1.53 bits per heavy atom. The Morgan fingerprint density at radius 2 is 2.13 bits per heavy atom. The van der Waals surface area contributed by atoms with Crippen molar-refractivity contribution in [2.75, 3.05) is 13.1 Å². The molecule has 1 aliphatic rings. The van der Waals surface area contributed by atoms with Crippen LogP contribution in [0.1, 0.15) is 33.1 Å². The van der Waals surface area contributed by atoms with Gasteiger partial charge in [0.2, 0.25) is 5.91 Å². The molecule has 1 fully saturated rings. The third-order valence-electron chi connectivity index (χ3n) is 3.42. The third-order valence-corrected chi connectivity index (χ3v) is 3.42. The Morgan fingerprint density at radius 3 is 2.47 bits per heavy atom. The summed E-state index contributed by atoms with van der Waals surface area (Å²) in [5, 5.41) is 12.3. The van der Waals surface area contributed by atoms with E-state index >= 15 is 0 Å². The number of nitrogens with one attached hydrogen (secondary N) is 1. The van der Waals surface area contributed by atoms with Crippen molar-refractivity contribution >= 4 is 5.91 Å². The van der Waals surface area contributed by atoms with E-state index in [4.69, 9.17) is 5.73 Å². The summed E-state index contributed by atoms with van der Waals surface area (Å²) >= 11 is 0. The molecule has 1 rings (SSSR count). The van der Waals surface area contributed by atoms with E-state index in [1.165, 1.54) is 0 Å². The van der Waals surface area contributed by atoms with Crippen LogP contribution in [0.4, 0.5) is 0 Å². The topological polar surface area (TPSA) is 75.3 Å². The highest BCUT2D eigenvalue weighted by Crippen LogP contribution is 2.39. The van der Waals surface area contributed by atoms with Crippen LogP contribution >= 0.6 is 0 Å². The zero-order chi connectivity index (χ0) is 11.5. The molecule has 88 valence electrons. The van der Waals surface area contributed by atoms with Crippen LogP contribution in [0, 0.1) is 11.3 Å². The van der Waals surface area contributed by atoms with Gasteiger partial charge in [0.05, 0.1) is 11.5 Å². The zero-order valence-electron chi connectivity index (χ0n) is 9.62. The van der Waals surface area contributed by atoms with Crippen LogP contribution in [0.3, 0.4) is 0 Å². The Labute approximate surface area is 91.2 Å². The van der Waals surface area contributed by atoms with Crippen molar-refractivity contribution in [2.24, 2.45) is 17.1 Å². The van der Waals surface area contributed by atoms with Gasteiger partial charge in [-0.05, 0) is 18.8 Å². The number of nitrogens with two attached hydrogens (primary N) is 1. The van der Waals surface area contributed by atoms with Gasteiger partial charge in [0.1, 0.15) is 0 Å². The first-order chi connectivity index (χ1) is 7.02. The molecule has 1 aliphatic carbocycles. The van der Waals surface area contributed by atoms with Gasteiger partial charge in [-0.15, -0.1) is 0 Å². The summed E-state index contributed by atoms with van der Waals surface area (Å²) in [7, 11) is 0. The monoisotopic (exact) mass is 214 g/mol. The minimum absolute atomic E-state index is 0.0101. The first-order valence-electron chi connectivity index (χ1n) is 5.68. The molecule has 0 saturated heterocycles. The fourth-order valence-electron chi connectivity index (χ4n) is 1.75. The van der Waals surface area contributed by atoms with Gasteiger partial charge >= 0.3 is 0 Å². The zero-order valence-corrected chi connectivity index (χ0v) is 9.62. The number of amides is 1. The maximum absolute atomic E-state index is 11.8. The van der Waals surface area contributed by atoms with Crippen molar-refractivity contribution in [1.29, 1.82) is 0 Å². The average Bonchev–Trinajstić information content (AvgIpc) is 2.13. The van der Waals surface area contributed by atoms with Gasteiger partial charge in [-0.1, -0.05) is 20.3 Å².